The van der Waals surface area contributed by atoms with Gasteiger partial charge in [0.2, 0.25) is 0 Å². The van der Waals surface area contributed by atoms with Gasteiger partial charge >= 0.3 is 0 Å². The molecule has 2 aromatic rings. The summed E-state index contributed by atoms with van der Waals surface area (Å²) < 4.78 is 41.5. The molecule has 128 valence electrons. The minimum absolute atomic E-state index is 0.122. The smallest absolute Gasteiger partial charge is 0.265 e. The highest BCUT2D eigenvalue weighted by Crippen LogP contribution is 2.29. The van der Waals surface area contributed by atoms with Gasteiger partial charge in [-0.05, 0) is 49.6 Å². The van der Waals surface area contributed by atoms with E-state index in [1.165, 1.54) is 18.2 Å². The highest BCUT2D eigenvalue weighted by atomic mass is 32.2. The number of benzene rings is 2. The van der Waals surface area contributed by atoms with E-state index in [-0.39, 0.29) is 16.3 Å². The van der Waals surface area contributed by atoms with Crippen molar-refractivity contribution in [2.24, 2.45) is 0 Å². The Labute approximate surface area is 140 Å². The van der Waals surface area contributed by atoms with Gasteiger partial charge in [-0.2, -0.15) is 0 Å². The normalized spacial score (nSPS) is 14.8. The van der Waals surface area contributed by atoms with Crippen LogP contribution in [0, 0.1) is 12.7 Å². The number of phenolic OH excluding ortho intramolecular Hbond substituents is 1. The zero-order valence-corrected chi connectivity index (χ0v) is 14.1. The second kappa shape index (κ2) is 6.32. The molecule has 3 rings (SSSR count). The number of aryl methyl sites for hydroxylation is 1. The molecule has 1 aliphatic heterocycles. The van der Waals surface area contributed by atoms with Crippen LogP contribution in [0.5, 0.6) is 5.75 Å². The predicted molar refractivity (Wildman–Crippen MR) is 91.5 cm³/mol. The van der Waals surface area contributed by atoms with Crippen molar-refractivity contribution in [3.63, 3.8) is 0 Å². The van der Waals surface area contributed by atoms with Crippen LogP contribution in [0.25, 0.3) is 0 Å². The molecular weight excluding hydrogens is 331 g/mol. The number of nitrogens with zero attached hydrogens (tertiary/aromatic N) is 1. The zero-order chi connectivity index (χ0) is 17.3. The molecule has 5 nitrogen and oxygen atoms in total. The van der Waals surface area contributed by atoms with E-state index in [1.54, 1.807) is 19.1 Å². The second-order valence-corrected chi connectivity index (χ2v) is 7.59. The lowest BCUT2D eigenvalue weighted by Crippen LogP contribution is -2.19. The highest BCUT2D eigenvalue weighted by molar-refractivity contribution is 7.92. The Morgan fingerprint density at radius 2 is 1.83 bits per heavy atom. The van der Waals surface area contributed by atoms with Crippen LogP contribution in [0.4, 0.5) is 15.8 Å². The van der Waals surface area contributed by atoms with Crippen molar-refractivity contribution in [2.45, 2.75) is 24.7 Å². The molecule has 0 unspecified atom stereocenters. The van der Waals surface area contributed by atoms with Crippen molar-refractivity contribution in [1.82, 2.24) is 0 Å². The van der Waals surface area contributed by atoms with Gasteiger partial charge in [-0.25, -0.2) is 12.8 Å². The van der Waals surface area contributed by atoms with Gasteiger partial charge in [0.1, 0.15) is 16.5 Å². The fourth-order valence-electron chi connectivity index (χ4n) is 2.83. The van der Waals surface area contributed by atoms with Crippen molar-refractivity contribution >= 4 is 21.4 Å². The number of anilines is 2. The summed E-state index contributed by atoms with van der Waals surface area (Å²) >= 11 is 0. The molecule has 0 aromatic heterocycles. The van der Waals surface area contributed by atoms with Crippen molar-refractivity contribution in [3.8, 4) is 5.75 Å². The lowest BCUT2D eigenvalue weighted by Gasteiger charge is -2.19. The van der Waals surface area contributed by atoms with Gasteiger partial charge in [0.25, 0.3) is 10.0 Å². The molecule has 7 heteroatoms. The third-order valence-electron chi connectivity index (χ3n) is 4.05. The Bertz CT molecular complexity index is 862. The van der Waals surface area contributed by atoms with Crippen molar-refractivity contribution in [2.75, 3.05) is 22.7 Å². The summed E-state index contributed by atoms with van der Waals surface area (Å²) in [5, 5.41) is 9.79. The number of sulfonamides is 1. The number of halogens is 1. The third-order valence-corrected chi connectivity index (χ3v) is 5.46. The van der Waals surface area contributed by atoms with Crippen LogP contribution in [-0.2, 0) is 10.0 Å². The summed E-state index contributed by atoms with van der Waals surface area (Å²) in [7, 11) is -4.00. The molecule has 1 fully saturated rings. The largest absolute Gasteiger partial charge is 0.507 e. The van der Waals surface area contributed by atoms with Gasteiger partial charge in [0.05, 0.1) is 11.4 Å². The summed E-state index contributed by atoms with van der Waals surface area (Å²) in [4.78, 5) is 1.71. The molecule has 0 amide bonds. The molecule has 1 heterocycles. The third kappa shape index (κ3) is 3.31. The van der Waals surface area contributed by atoms with Gasteiger partial charge in [0, 0.05) is 19.2 Å². The standard InChI is InChI=1S/C17H19FN2O3S/c1-12-4-7-16(21)17(10-12)24(22,23)19-13-5-6-15(14(18)11-13)20-8-2-3-9-20/h4-7,10-11,19,21H,2-3,8-9H2,1H3. The molecule has 2 aromatic carbocycles. The van der Waals surface area contributed by atoms with Gasteiger partial charge in [-0.15, -0.1) is 0 Å². The van der Waals surface area contributed by atoms with E-state index in [1.807, 2.05) is 4.90 Å². The molecule has 0 aliphatic carbocycles. The van der Waals surface area contributed by atoms with Gasteiger partial charge in [0.15, 0.2) is 0 Å². The first-order chi connectivity index (χ1) is 11.4. The van der Waals surface area contributed by atoms with Crippen LogP contribution < -0.4 is 9.62 Å². The summed E-state index contributed by atoms with van der Waals surface area (Å²) in [5.74, 6) is -0.812. The predicted octanol–water partition coefficient (Wildman–Crippen LogP) is 3.24. The van der Waals surface area contributed by atoms with E-state index in [0.29, 0.717) is 11.3 Å². The van der Waals surface area contributed by atoms with E-state index >= 15 is 0 Å². The fraction of sp³-hybridized carbons (Fsp3) is 0.294. The first-order valence-electron chi connectivity index (χ1n) is 7.74. The average molecular weight is 350 g/mol. The van der Waals surface area contributed by atoms with Gasteiger partial charge in [-0.3, -0.25) is 4.72 Å². The van der Waals surface area contributed by atoms with Gasteiger partial charge in [-0.1, -0.05) is 6.07 Å². The van der Waals surface area contributed by atoms with Crippen LogP contribution in [-0.4, -0.2) is 26.6 Å². The molecule has 24 heavy (non-hydrogen) atoms. The molecule has 0 atom stereocenters. The minimum atomic E-state index is -4.00. The Kier molecular flexibility index (Phi) is 4.36. The van der Waals surface area contributed by atoms with Crippen LogP contribution in [0.15, 0.2) is 41.3 Å². The number of aromatic hydroxyl groups is 1. The first kappa shape index (κ1) is 16.6. The molecule has 0 radical (unpaired) electrons. The molecule has 2 N–H and O–H groups in total. The van der Waals surface area contributed by atoms with E-state index in [2.05, 4.69) is 4.72 Å². The van der Waals surface area contributed by atoms with Crippen molar-refractivity contribution in [3.05, 3.63) is 47.8 Å². The number of rotatable bonds is 4. The number of phenols is 1. The molecule has 0 bridgehead atoms. The minimum Gasteiger partial charge on any atom is -0.507 e. The maximum absolute atomic E-state index is 14.3. The summed E-state index contributed by atoms with van der Waals surface area (Å²) in [6, 6.07) is 8.57. The molecular formula is C17H19FN2O3S. The van der Waals surface area contributed by atoms with Crippen LogP contribution in [0.1, 0.15) is 18.4 Å². The Balaban J connectivity index is 1.87. The van der Waals surface area contributed by atoms with Crippen molar-refractivity contribution in [1.29, 1.82) is 0 Å². The fourth-order valence-corrected chi connectivity index (χ4v) is 4.06. The molecule has 0 spiro atoms. The van der Waals surface area contributed by atoms with E-state index < -0.39 is 15.8 Å². The number of hydrogen-bond acceptors (Lipinski definition) is 4. The summed E-state index contributed by atoms with van der Waals surface area (Å²) in [6.45, 7) is 3.33. The summed E-state index contributed by atoms with van der Waals surface area (Å²) in [5.41, 5.74) is 1.30. The van der Waals surface area contributed by atoms with E-state index in [4.69, 9.17) is 0 Å². The second-order valence-electron chi connectivity index (χ2n) is 5.94. The first-order valence-corrected chi connectivity index (χ1v) is 9.22. The average Bonchev–Trinajstić information content (AvgIpc) is 3.03. The maximum atomic E-state index is 14.3. The van der Waals surface area contributed by atoms with Crippen LogP contribution in [0.3, 0.4) is 0 Å². The SMILES string of the molecule is Cc1ccc(O)c(S(=O)(=O)Nc2ccc(N3CCCC3)c(F)c2)c1. The van der Waals surface area contributed by atoms with Crippen LogP contribution >= 0.6 is 0 Å². The lowest BCUT2D eigenvalue weighted by atomic mass is 10.2. The van der Waals surface area contributed by atoms with E-state index in [0.717, 1.165) is 32.0 Å². The topological polar surface area (TPSA) is 69.6 Å². The van der Waals surface area contributed by atoms with Gasteiger partial charge < -0.3 is 10.0 Å². The Hall–Kier alpha value is -2.28. The lowest BCUT2D eigenvalue weighted by molar-refractivity contribution is 0.459. The molecule has 1 saturated heterocycles. The Morgan fingerprint density at radius 1 is 1.12 bits per heavy atom. The number of hydrogen-bond donors (Lipinski definition) is 2. The highest BCUT2D eigenvalue weighted by Gasteiger charge is 2.21. The van der Waals surface area contributed by atoms with Crippen molar-refractivity contribution < 1.29 is 17.9 Å². The van der Waals surface area contributed by atoms with E-state index in [9.17, 15) is 17.9 Å². The zero-order valence-electron chi connectivity index (χ0n) is 13.3. The molecule has 1 aliphatic rings. The monoisotopic (exact) mass is 350 g/mol. The quantitative estimate of drug-likeness (QED) is 0.888. The molecule has 0 saturated carbocycles. The number of nitrogens with one attached hydrogen (secondary N) is 1. The van der Waals surface area contributed by atoms with Crippen LogP contribution in [0.2, 0.25) is 0 Å². The Morgan fingerprint density at radius 3 is 2.50 bits per heavy atom. The maximum Gasteiger partial charge on any atom is 0.265 e. The summed E-state index contributed by atoms with van der Waals surface area (Å²) in [6.07, 6.45) is 2.06.